The highest BCUT2D eigenvalue weighted by molar-refractivity contribution is 5.94. The van der Waals surface area contributed by atoms with Crippen LogP contribution in [0, 0.1) is 11.8 Å². The van der Waals surface area contributed by atoms with Crippen LogP contribution >= 0.6 is 0 Å². The van der Waals surface area contributed by atoms with Crippen molar-refractivity contribution >= 4 is 11.9 Å². The maximum absolute atomic E-state index is 13.3. The molecule has 0 aliphatic heterocycles. The summed E-state index contributed by atoms with van der Waals surface area (Å²) in [6.45, 7) is 1.83. The van der Waals surface area contributed by atoms with Gasteiger partial charge in [-0.15, -0.1) is 0 Å². The number of benzene rings is 3. The first kappa shape index (κ1) is 23.4. The van der Waals surface area contributed by atoms with Crippen LogP contribution in [-0.4, -0.2) is 23.6 Å². The summed E-state index contributed by atoms with van der Waals surface area (Å²) in [5.41, 5.74) is 5.76. The molecule has 33 heavy (non-hydrogen) atoms. The molecule has 0 bridgehead atoms. The summed E-state index contributed by atoms with van der Waals surface area (Å²) in [5, 5.41) is 9.44. The second-order valence-corrected chi connectivity index (χ2v) is 6.90. The molecule has 0 radical (unpaired) electrons. The van der Waals surface area contributed by atoms with Crippen molar-refractivity contribution in [2.24, 2.45) is 5.73 Å². The SMILES string of the molecule is CCOC(=O)c1ccc(C#Cc2ccc(O)cc2C(F)(F)F)c(-c2ccc(C(N)=O)cc2)c1. The molecule has 3 aromatic rings. The summed E-state index contributed by atoms with van der Waals surface area (Å²) in [6, 6.07) is 13.5. The van der Waals surface area contributed by atoms with Gasteiger partial charge in [-0.2, -0.15) is 13.2 Å². The number of hydrogen-bond acceptors (Lipinski definition) is 4. The highest BCUT2D eigenvalue weighted by Crippen LogP contribution is 2.34. The lowest BCUT2D eigenvalue weighted by molar-refractivity contribution is -0.137. The van der Waals surface area contributed by atoms with Gasteiger partial charge < -0.3 is 15.6 Å². The van der Waals surface area contributed by atoms with E-state index in [2.05, 4.69) is 11.8 Å². The lowest BCUT2D eigenvalue weighted by Gasteiger charge is -2.10. The highest BCUT2D eigenvalue weighted by Gasteiger charge is 2.33. The van der Waals surface area contributed by atoms with Crippen molar-refractivity contribution in [3.63, 3.8) is 0 Å². The van der Waals surface area contributed by atoms with Crippen LogP contribution in [0.1, 0.15) is 44.3 Å². The number of esters is 1. The van der Waals surface area contributed by atoms with Crippen molar-refractivity contribution in [2.75, 3.05) is 6.61 Å². The molecular weight excluding hydrogens is 435 g/mol. The maximum Gasteiger partial charge on any atom is 0.417 e. The molecule has 0 saturated heterocycles. The van der Waals surface area contributed by atoms with Gasteiger partial charge in [0.25, 0.3) is 0 Å². The fraction of sp³-hybridized carbons (Fsp3) is 0.120. The van der Waals surface area contributed by atoms with Crippen LogP contribution in [0.2, 0.25) is 0 Å². The molecule has 0 aliphatic carbocycles. The van der Waals surface area contributed by atoms with E-state index in [0.29, 0.717) is 22.8 Å². The molecule has 0 unspecified atom stereocenters. The second kappa shape index (κ2) is 9.49. The van der Waals surface area contributed by atoms with E-state index in [1.54, 1.807) is 19.1 Å². The van der Waals surface area contributed by atoms with E-state index in [1.807, 2.05) is 0 Å². The average Bonchev–Trinajstić information content (AvgIpc) is 2.77. The topological polar surface area (TPSA) is 89.6 Å². The molecule has 3 N–H and O–H groups in total. The van der Waals surface area contributed by atoms with E-state index in [1.165, 1.54) is 30.3 Å². The number of alkyl halides is 3. The number of aromatic hydroxyl groups is 1. The third kappa shape index (κ3) is 5.52. The van der Waals surface area contributed by atoms with Crippen LogP contribution in [0.5, 0.6) is 5.75 Å². The molecule has 0 atom stereocenters. The van der Waals surface area contributed by atoms with Crippen LogP contribution in [0.4, 0.5) is 13.2 Å². The smallest absolute Gasteiger partial charge is 0.417 e. The molecule has 3 rings (SSSR count). The lowest BCUT2D eigenvalue weighted by Crippen LogP contribution is -2.10. The van der Waals surface area contributed by atoms with Gasteiger partial charge in [-0.05, 0) is 66.6 Å². The third-order valence-electron chi connectivity index (χ3n) is 4.65. The van der Waals surface area contributed by atoms with E-state index in [-0.39, 0.29) is 23.3 Å². The van der Waals surface area contributed by atoms with Gasteiger partial charge in [0.1, 0.15) is 5.75 Å². The average molecular weight is 453 g/mol. The third-order valence-corrected chi connectivity index (χ3v) is 4.65. The van der Waals surface area contributed by atoms with E-state index in [9.17, 15) is 27.9 Å². The van der Waals surface area contributed by atoms with Crippen molar-refractivity contribution in [2.45, 2.75) is 13.1 Å². The highest BCUT2D eigenvalue weighted by atomic mass is 19.4. The predicted molar refractivity (Wildman–Crippen MR) is 115 cm³/mol. The molecule has 0 aromatic heterocycles. The van der Waals surface area contributed by atoms with Crippen molar-refractivity contribution in [1.82, 2.24) is 0 Å². The number of primary amides is 1. The van der Waals surface area contributed by atoms with Crippen LogP contribution in [0.25, 0.3) is 11.1 Å². The zero-order valence-electron chi connectivity index (χ0n) is 17.4. The fourth-order valence-corrected chi connectivity index (χ4v) is 3.06. The number of carbonyl (C=O) groups excluding carboxylic acids is 2. The largest absolute Gasteiger partial charge is 0.508 e. The molecular formula is C25H18F3NO4. The molecule has 5 nitrogen and oxygen atoms in total. The summed E-state index contributed by atoms with van der Waals surface area (Å²) in [5.74, 6) is 3.52. The van der Waals surface area contributed by atoms with Gasteiger partial charge in [-0.1, -0.05) is 24.0 Å². The Bertz CT molecular complexity index is 1270. The number of amides is 1. The fourth-order valence-electron chi connectivity index (χ4n) is 3.06. The van der Waals surface area contributed by atoms with E-state index in [0.717, 1.165) is 12.1 Å². The van der Waals surface area contributed by atoms with Crippen LogP contribution in [0.3, 0.4) is 0 Å². The molecule has 8 heteroatoms. The predicted octanol–water partition coefficient (Wildman–Crippen LogP) is 4.75. The summed E-state index contributed by atoms with van der Waals surface area (Å²) in [6.07, 6.45) is -4.70. The molecule has 0 saturated carbocycles. The van der Waals surface area contributed by atoms with Gasteiger partial charge in [0.05, 0.1) is 17.7 Å². The Kier molecular flexibility index (Phi) is 6.73. The first-order chi connectivity index (χ1) is 15.6. The van der Waals surface area contributed by atoms with Gasteiger partial charge >= 0.3 is 12.1 Å². The quantitative estimate of drug-likeness (QED) is 0.441. The minimum atomic E-state index is -4.70. The number of carbonyl (C=O) groups is 2. The number of nitrogens with two attached hydrogens (primary N) is 1. The number of phenols is 1. The van der Waals surface area contributed by atoms with Crippen LogP contribution < -0.4 is 5.73 Å². The Morgan fingerprint density at radius 2 is 1.55 bits per heavy atom. The van der Waals surface area contributed by atoms with Gasteiger partial charge in [-0.25, -0.2) is 4.79 Å². The molecule has 3 aromatic carbocycles. The summed E-state index contributed by atoms with van der Waals surface area (Å²) >= 11 is 0. The number of hydrogen-bond donors (Lipinski definition) is 2. The minimum absolute atomic E-state index is 0.171. The monoisotopic (exact) mass is 453 g/mol. The van der Waals surface area contributed by atoms with Crippen molar-refractivity contribution in [1.29, 1.82) is 0 Å². The Morgan fingerprint density at radius 1 is 0.939 bits per heavy atom. The first-order valence-electron chi connectivity index (χ1n) is 9.73. The van der Waals surface area contributed by atoms with Crippen molar-refractivity contribution in [3.8, 4) is 28.7 Å². The van der Waals surface area contributed by atoms with E-state index in [4.69, 9.17) is 10.5 Å². The van der Waals surface area contributed by atoms with Crippen molar-refractivity contribution in [3.05, 3.63) is 88.5 Å². The second-order valence-electron chi connectivity index (χ2n) is 6.90. The summed E-state index contributed by atoms with van der Waals surface area (Å²) < 4.78 is 45.1. The standard InChI is InChI=1S/C25H18F3NO4/c1-2-33-24(32)19-10-6-15(21(13-19)16-4-8-18(9-5-16)23(29)31)3-7-17-11-12-20(30)14-22(17)25(26,27)28/h4-6,8-14,30H,2H2,1H3,(H2,29,31). The minimum Gasteiger partial charge on any atom is -0.508 e. The molecule has 0 spiro atoms. The molecule has 0 fully saturated rings. The lowest BCUT2D eigenvalue weighted by atomic mass is 9.96. The summed E-state index contributed by atoms with van der Waals surface area (Å²) in [7, 11) is 0. The number of phenolic OH excluding ortho intramolecular Hbond substituents is 1. The molecule has 168 valence electrons. The molecule has 1 amide bonds. The van der Waals surface area contributed by atoms with Gasteiger partial charge in [0.2, 0.25) is 5.91 Å². The van der Waals surface area contributed by atoms with Gasteiger partial charge in [0, 0.05) is 16.7 Å². The summed E-state index contributed by atoms with van der Waals surface area (Å²) in [4.78, 5) is 23.5. The van der Waals surface area contributed by atoms with Crippen LogP contribution in [-0.2, 0) is 10.9 Å². The normalized spacial score (nSPS) is 10.8. The van der Waals surface area contributed by atoms with Gasteiger partial charge in [-0.3, -0.25) is 4.79 Å². The number of halogens is 3. The number of ether oxygens (including phenoxy) is 1. The first-order valence-corrected chi connectivity index (χ1v) is 9.73. The Morgan fingerprint density at radius 3 is 2.15 bits per heavy atom. The van der Waals surface area contributed by atoms with E-state index < -0.39 is 29.4 Å². The zero-order valence-corrected chi connectivity index (χ0v) is 17.4. The number of rotatable bonds is 4. The maximum atomic E-state index is 13.3. The Balaban J connectivity index is 2.14. The van der Waals surface area contributed by atoms with E-state index >= 15 is 0 Å². The Labute approximate surface area is 187 Å². The van der Waals surface area contributed by atoms with Crippen LogP contribution in [0.15, 0.2) is 60.7 Å². The zero-order chi connectivity index (χ0) is 24.2. The van der Waals surface area contributed by atoms with Crippen molar-refractivity contribution < 1.29 is 32.6 Å². The Hall–Kier alpha value is -4.25. The molecule has 0 heterocycles. The molecule has 0 aliphatic rings. The van der Waals surface area contributed by atoms with Gasteiger partial charge in [0.15, 0.2) is 0 Å².